The number of fused-ring (bicyclic) bond motifs is 1. The molecule has 5 rings (SSSR count). The van der Waals surface area contributed by atoms with Gasteiger partial charge in [0, 0.05) is 45.7 Å². The maximum absolute atomic E-state index is 12.1. The van der Waals surface area contributed by atoms with Crippen LogP contribution in [0, 0.1) is 0 Å². The maximum Gasteiger partial charge on any atom is 0.220 e. The minimum atomic E-state index is -0.0142. The highest BCUT2D eigenvalue weighted by Crippen LogP contribution is 2.33. The molecule has 3 heterocycles. The Kier molecular flexibility index (Phi) is 6.49. The first kappa shape index (κ1) is 22.1. The fourth-order valence-electron chi connectivity index (χ4n) is 5.58. The molecule has 2 aromatic rings. The molecule has 0 radical (unpaired) electrons. The first-order chi connectivity index (χ1) is 16.1. The molecular formula is C26H35N5O2. The number of amides is 1. The third kappa shape index (κ3) is 4.83. The van der Waals surface area contributed by atoms with Crippen LogP contribution in [0.1, 0.15) is 74.1 Å². The Morgan fingerprint density at radius 1 is 1.15 bits per heavy atom. The summed E-state index contributed by atoms with van der Waals surface area (Å²) in [4.78, 5) is 26.3. The summed E-state index contributed by atoms with van der Waals surface area (Å²) in [6, 6.07) is 8.55. The summed E-state index contributed by atoms with van der Waals surface area (Å²) < 4.78 is 6.21. The van der Waals surface area contributed by atoms with E-state index in [2.05, 4.69) is 34.5 Å². The molecule has 1 saturated carbocycles. The fourth-order valence-corrected chi connectivity index (χ4v) is 5.58. The molecule has 2 aliphatic heterocycles. The molecule has 176 valence electrons. The number of benzene rings is 1. The number of anilines is 1. The van der Waals surface area contributed by atoms with Crippen LogP contribution in [0.5, 0.6) is 5.75 Å². The van der Waals surface area contributed by atoms with Crippen LogP contribution in [0.15, 0.2) is 24.3 Å². The number of ether oxygens (including phenoxy) is 1. The zero-order chi connectivity index (χ0) is 22.8. The molecule has 1 aromatic heterocycles. The van der Waals surface area contributed by atoms with Gasteiger partial charge in [-0.3, -0.25) is 9.69 Å². The van der Waals surface area contributed by atoms with Crippen LogP contribution in [0.3, 0.4) is 0 Å². The van der Waals surface area contributed by atoms with Gasteiger partial charge in [0.05, 0.1) is 17.8 Å². The summed E-state index contributed by atoms with van der Waals surface area (Å²) in [5.41, 5.74) is 3.57. The van der Waals surface area contributed by atoms with E-state index in [-0.39, 0.29) is 11.9 Å². The smallest absolute Gasteiger partial charge is 0.220 e. The average molecular weight is 450 g/mol. The van der Waals surface area contributed by atoms with Crippen LogP contribution >= 0.6 is 0 Å². The Morgan fingerprint density at radius 3 is 2.79 bits per heavy atom. The Bertz CT molecular complexity index is 1000. The predicted molar refractivity (Wildman–Crippen MR) is 128 cm³/mol. The van der Waals surface area contributed by atoms with E-state index in [9.17, 15) is 4.79 Å². The second-order valence-corrected chi connectivity index (χ2v) is 9.61. The van der Waals surface area contributed by atoms with Crippen LogP contribution in [0.2, 0.25) is 0 Å². The molecule has 1 amide bonds. The van der Waals surface area contributed by atoms with Crippen molar-refractivity contribution in [3.8, 4) is 5.75 Å². The molecule has 0 bridgehead atoms. The molecule has 1 aliphatic carbocycles. The van der Waals surface area contributed by atoms with E-state index in [4.69, 9.17) is 14.7 Å². The van der Waals surface area contributed by atoms with Gasteiger partial charge in [-0.25, -0.2) is 9.97 Å². The van der Waals surface area contributed by atoms with Crippen molar-refractivity contribution in [3.05, 3.63) is 46.9 Å². The molecule has 1 aromatic carbocycles. The highest BCUT2D eigenvalue weighted by molar-refractivity contribution is 5.74. The highest BCUT2D eigenvalue weighted by atomic mass is 16.5. The molecule has 7 nitrogen and oxygen atoms in total. The van der Waals surface area contributed by atoms with Gasteiger partial charge in [0.25, 0.3) is 0 Å². The summed E-state index contributed by atoms with van der Waals surface area (Å²) in [6.07, 6.45) is 8.13. The van der Waals surface area contributed by atoms with Crippen molar-refractivity contribution in [2.45, 2.75) is 77.1 Å². The fraction of sp³-hybridized carbons (Fsp3) is 0.577. The molecule has 7 heteroatoms. The van der Waals surface area contributed by atoms with Crippen LogP contribution in [-0.4, -0.2) is 51.9 Å². The Morgan fingerprint density at radius 2 is 2.00 bits per heavy atom. The summed E-state index contributed by atoms with van der Waals surface area (Å²) in [7, 11) is 1.92. The second-order valence-electron chi connectivity index (χ2n) is 9.61. The molecule has 0 unspecified atom stereocenters. The normalized spacial score (nSPS) is 21.3. The second kappa shape index (κ2) is 9.67. The van der Waals surface area contributed by atoms with Gasteiger partial charge in [0.2, 0.25) is 5.91 Å². The maximum atomic E-state index is 12.1. The standard InChI is InChI=1S/C26H35N5O2/c1-18(32)31-13-6-11-24(31)26-28-23-17-30(14-12-22(23)25(27-2)29-26)16-19-7-5-10-21(15-19)33-20-8-3-4-9-20/h5,7,10,15,20,24H,3-4,6,8-9,11-14,16-17H2,1-2H3,(H,27,28,29)/t24-/m1/s1. The predicted octanol–water partition coefficient (Wildman–Crippen LogP) is 4.08. The van der Waals surface area contributed by atoms with E-state index < -0.39 is 0 Å². The lowest BCUT2D eigenvalue weighted by Crippen LogP contribution is -2.33. The number of carbonyl (C=O) groups excluding carboxylic acids is 1. The molecule has 3 aliphatic rings. The first-order valence-electron chi connectivity index (χ1n) is 12.4. The van der Waals surface area contributed by atoms with Crippen LogP contribution in [0.25, 0.3) is 0 Å². The van der Waals surface area contributed by atoms with Crippen molar-refractivity contribution in [2.24, 2.45) is 0 Å². The summed E-state index contributed by atoms with van der Waals surface area (Å²) >= 11 is 0. The zero-order valence-electron chi connectivity index (χ0n) is 19.8. The van der Waals surface area contributed by atoms with Gasteiger partial charge in [-0.2, -0.15) is 0 Å². The van der Waals surface area contributed by atoms with E-state index >= 15 is 0 Å². The number of rotatable bonds is 6. The summed E-state index contributed by atoms with van der Waals surface area (Å²) in [5.74, 6) is 2.78. The van der Waals surface area contributed by atoms with Gasteiger partial charge in [0.1, 0.15) is 11.6 Å². The number of carbonyl (C=O) groups is 1. The zero-order valence-corrected chi connectivity index (χ0v) is 19.8. The topological polar surface area (TPSA) is 70.6 Å². The van der Waals surface area contributed by atoms with Gasteiger partial charge in [-0.05, 0) is 62.6 Å². The van der Waals surface area contributed by atoms with Crippen molar-refractivity contribution in [3.63, 3.8) is 0 Å². The minimum absolute atomic E-state index is 0.0142. The van der Waals surface area contributed by atoms with Gasteiger partial charge in [-0.15, -0.1) is 0 Å². The van der Waals surface area contributed by atoms with E-state index in [0.29, 0.717) is 6.10 Å². The molecular weight excluding hydrogens is 414 g/mol. The number of likely N-dealkylation sites (tertiary alicyclic amines) is 1. The van der Waals surface area contributed by atoms with Gasteiger partial charge >= 0.3 is 0 Å². The van der Waals surface area contributed by atoms with E-state index in [1.807, 2.05) is 11.9 Å². The largest absolute Gasteiger partial charge is 0.490 e. The SMILES string of the molecule is CNc1nc([C@H]2CCCN2C(C)=O)nc2c1CCN(Cc1cccc(OC3CCCC3)c1)C2. The van der Waals surface area contributed by atoms with Crippen molar-refractivity contribution >= 4 is 11.7 Å². The van der Waals surface area contributed by atoms with Crippen molar-refractivity contribution in [1.82, 2.24) is 19.8 Å². The lowest BCUT2D eigenvalue weighted by molar-refractivity contribution is -0.129. The Labute approximate surface area is 196 Å². The Hall–Kier alpha value is -2.67. The molecule has 1 atom stereocenters. The van der Waals surface area contributed by atoms with E-state index in [0.717, 1.165) is 68.5 Å². The first-order valence-corrected chi connectivity index (χ1v) is 12.4. The van der Waals surface area contributed by atoms with Crippen molar-refractivity contribution < 1.29 is 9.53 Å². The van der Waals surface area contributed by atoms with Gasteiger partial charge in [0.15, 0.2) is 5.82 Å². The quantitative estimate of drug-likeness (QED) is 0.717. The summed E-state index contributed by atoms with van der Waals surface area (Å²) in [6.45, 7) is 5.07. The third-order valence-electron chi connectivity index (χ3n) is 7.26. The lowest BCUT2D eigenvalue weighted by atomic mass is 10.0. The average Bonchev–Trinajstić information content (AvgIpc) is 3.51. The van der Waals surface area contributed by atoms with Crippen LogP contribution < -0.4 is 10.1 Å². The number of hydrogen-bond donors (Lipinski definition) is 1. The molecule has 0 spiro atoms. The van der Waals surface area contributed by atoms with Crippen LogP contribution in [0.4, 0.5) is 5.82 Å². The molecule has 1 saturated heterocycles. The minimum Gasteiger partial charge on any atom is -0.490 e. The van der Waals surface area contributed by atoms with Crippen LogP contribution in [-0.2, 0) is 24.3 Å². The number of hydrogen-bond acceptors (Lipinski definition) is 6. The Balaban J connectivity index is 1.32. The highest BCUT2D eigenvalue weighted by Gasteiger charge is 2.32. The van der Waals surface area contributed by atoms with E-state index in [1.54, 1.807) is 6.92 Å². The lowest BCUT2D eigenvalue weighted by Gasteiger charge is -2.30. The number of nitrogens with one attached hydrogen (secondary N) is 1. The monoisotopic (exact) mass is 449 g/mol. The van der Waals surface area contributed by atoms with Crippen molar-refractivity contribution in [1.29, 1.82) is 0 Å². The summed E-state index contributed by atoms with van der Waals surface area (Å²) in [5, 5.41) is 3.28. The third-order valence-corrected chi connectivity index (χ3v) is 7.26. The van der Waals surface area contributed by atoms with Crippen molar-refractivity contribution in [2.75, 3.05) is 25.5 Å². The van der Waals surface area contributed by atoms with Gasteiger partial charge in [-0.1, -0.05) is 12.1 Å². The molecule has 33 heavy (non-hydrogen) atoms. The number of nitrogens with zero attached hydrogens (tertiary/aromatic N) is 4. The number of aromatic nitrogens is 2. The van der Waals surface area contributed by atoms with Gasteiger partial charge < -0.3 is 15.0 Å². The van der Waals surface area contributed by atoms with E-state index in [1.165, 1.54) is 36.8 Å². The molecule has 2 fully saturated rings. The molecule has 1 N–H and O–H groups in total.